The van der Waals surface area contributed by atoms with Gasteiger partial charge in [-0.3, -0.25) is 4.79 Å². The molecule has 7 heteroatoms. The highest BCUT2D eigenvalue weighted by atomic mass is 35.5. The van der Waals surface area contributed by atoms with Crippen molar-refractivity contribution in [3.8, 4) is 5.75 Å². The van der Waals surface area contributed by atoms with Crippen LogP contribution in [-0.4, -0.2) is 25.6 Å². The van der Waals surface area contributed by atoms with Crippen molar-refractivity contribution in [2.75, 3.05) is 13.7 Å². The molecule has 0 radical (unpaired) electrons. The van der Waals surface area contributed by atoms with Crippen molar-refractivity contribution >= 4 is 23.5 Å². The summed E-state index contributed by atoms with van der Waals surface area (Å²) in [6.45, 7) is -0.000354. The summed E-state index contributed by atoms with van der Waals surface area (Å²) in [5, 5.41) is 3.01. The number of halogens is 1. The quantitative estimate of drug-likeness (QED) is 0.826. The molecule has 0 aliphatic carbocycles. The molecule has 1 aromatic carbocycles. The molecule has 0 unspecified atom stereocenters. The lowest BCUT2D eigenvalue weighted by Crippen LogP contribution is -2.28. The Bertz CT molecular complexity index is 654. The number of carbonyl (C=O) groups is 2. The normalized spacial score (nSPS) is 10.1. The molecule has 0 fully saturated rings. The van der Waals surface area contributed by atoms with Crippen LogP contribution in [0.5, 0.6) is 5.75 Å². The molecule has 1 N–H and O–H groups in total. The van der Waals surface area contributed by atoms with E-state index in [-0.39, 0.29) is 30.4 Å². The minimum atomic E-state index is -0.567. The van der Waals surface area contributed by atoms with Crippen LogP contribution >= 0.6 is 11.6 Å². The van der Waals surface area contributed by atoms with Gasteiger partial charge in [-0.05, 0) is 30.3 Å². The topological polar surface area (TPSA) is 77.8 Å². The van der Waals surface area contributed by atoms with E-state index in [1.165, 1.54) is 31.6 Å². The molecule has 1 amide bonds. The summed E-state index contributed by atoms with van der Waals surface area (Å²) in [7, 11) is 1.26. The summed E-state index contributed by atoms with van der Waals surface area (Å²) in [6, 6.07) is 7.94. The van der Waals surface area contributed by atoms with Crippen molar-refractivity contribution in [2.45, 2.75) is 6.54 Å². The Hall–Kier alpha value is -2.47. The lowest BCUT2D eigenvalue weighted by Gasteiger charge is -2.10. The van der Waals surface area contributed by atoms with E-state index in [2.05, 4.69) is 10.1 Å². The molecule has 0 aliphatic heterocycles. The summed E-state index contributed by atoms with van der Waals surface area (Å²) in [6.07, 6.45) is 1.52. The van der Waals surface area contributed by atoms with Crippen LogP contribution in [-0.2, 0) is 16.1 Å². The monoisotopic (exact) mass is 323 g/mol. The highest BCUT2D eigenvalue weighted by molar-refractivity contribution is 6.30. The molecule has 0 aliphatic rings. The zero-order chi connectivity index (χ0) is 15.9. The smallest absolute Gasteiger partial charge is 0.341 e. The second-order valence-electron chi connectivity index (χ2n) is 4.28. The summed E-state index contributed by atoms with van der Waals surface area (Å²) in [4.78, 5) is 23.3. The fourth-order valence-corrected chi connectivity index (χ4v) is 1.85. The van der Waals surface area contributed by atoms with E-state index in [9.17, 15) is 9.59 Å². The third-order valence-corrected chi connectivity index (χ3v) is 2.98. The van der Waals surface area contributed by atoms with Gasteiger partial charge in [0.2, 0.25) is 0 Å². The maximum atomic E-state index is 11.7. The van der Waals surface area contributed by atoms with Gasteiger partial charge in [0.15, 0.2) is 6.61 Å². The molecule has 0 saturated heterocycles. The number of rotatable bonds is 6. The third kappa shape index (κ3) is 4.26. The van der Waals surface area contributed by atoms with E-state index in [1.807, 2.05) is 0 Å². The van der Waals surface area contributed by atoms with Gasteiger partial charge in [-0.15, -0.1) is 0 Å². The Labute approximate surface area is 132 Å². The zero-order valence-electron chi connectivity index (χ0n) is 11.8. The molecule has 22 heavy (non-hydrogen) atoms. The van der Waals surface area contributed by atoms with Crippen molar-refractivity contribution in [1.82, 2.24) is 5.32 Å². The first kappa shape index (κ1) is 15.9. The fraction of sp³-hybridized carbons (Fsp3) is 0.200. The van der Waals surface area contributed by atoms with Gasteiger partial charge >= 0.3 is 5.97 Å². The minimum Gasteiger partial charge on any atom is -0.483 e. The van der Waals surface area contributed by atoms with Gasteiger partial charge in [0.05, 0.1) is 19.9 Å². The molecule has 6 nitrogen and oxygen atoms in total. The number of hydrogen-bond donors (Lipinski definition) is 1. The van der Waals surface area contributed by atoms with E-state index in [0.717, 1.165) is 0 Å². The van der Waals surface area contributed by atoms with Gasteiger partial charge in [-0.2, -0.15) is 0 Å². The number of benzene rings is 1. The van der Waals surface area contributed by atoms with Crippen LogP contribution < -0.4 is 10.1 Å². The first-order chi connectivity index (χ1) is 10.6. The van der Waals surface area contributed by atoms with Crippen LogP contribution in [0.4, 0.5) is 0 Å². The van der Waals surface area contributed by atoms with Crippen molar-refractivity contribution in [2.24, 2.45) is 0 Å². The number of hydrogen-bond acceptors (Lipinski definition) is 5. The lowest BCUT2D eigenvalue weighted by molar-refractivity contribution is -0.123. The average Bonchev–Trinajstić information content (AvgIpc) is 3.03. The molecule has 2 aromatic rings. The Morgan fingerprint density at radius 2 is 2.14 bits per heavy atom. The Kier molecular flexibility index (Phi) is 5.43. The van der Waals surface area contributed by atoms with Crippen molar-refractivity contribution in [3.63, 3.8) is 0 Å². The standard InChI is InChI=1S/C15H14ClNO5/c1-20-15(19)12-5-4-10(16)7-13(12)22-9-14(18)17-8-11-3-2-6-21-11/h2-7H,8-9H2,1H3,(H,17,18). The minimum absolute atomic E-state index is 0.187. The van der Waals surface area contributed by atoms with E-state index in [0.29, 0.717) is 10.8 Å². The lowest BCUT2D eigenvalue weighted by atomic mass is 10.2. The highest BCUT2D eigenvalue weighted by Gasteiger charge is 2.14. The Morgan fingerprint density at radius 3 is 2.82 bits per heavy atom. The average molecular weight is 324 g/mol. The van der Waals surface area contributed by atoms with Gasteiger partial charge in [0, 0.05) is 5.02 Å². The molecule has 1 aromatic heterocycles. The van der Waals surface area contributed by atoms with Crippen molar-refractivity contribution in [3.05, 3.63) is 52.9 Å². The van der Waals surface area contributed by atoms with Crippen LogP contribution in [0, 0.1) is 0 Å². The number of furan rings is 1. The predicted octanol–water partition coefficient (Wildman–Crippen LogP) is 2.41. The summed E-state index contributed by atoms with van der Waals surface area (Å²) < 4.78 is 15.1. The van der Waals surface area contributed by atoms with Crippen molar-refractivity contribution < 1.29 is 23.5 Å². The molecule has 0 saturated carbocycles. The number of methoxy groups -OCH3 is 1. The van der Waals surface area contributed by atoms with Crippen LogP contribution in [0.25, 0.3) is 0 Å². The largest absolute Gasteiger partial charge is 0.483 e. The first-order valence-electron chi connectivity index (χ1n) is 6.40. The second kappa shape index (κ2) is 7.51. The van der Waals surface area contributed by atoms with Crippen LogP contribution in [0.2, 0.25) is 5.02 Å². The summed E-state index contributed by atoms with van der Waals surface area (Å²) in [5.41, 5.74) is 0.200. The number of carbonyl (C=O) groups excluding carboxylic acids is 2. The molecule has 116 valence electrons. The number of ether oxygens (including phenoxy) is 2. The summed E-state index contributed by atoms with van der Waals surface area (Å²) in [5.74, 6) is -0.103. The van der Waals surface area contributed by atoms with E-state index in [4.69, 9.17) is 20.8 Å². The molecular weight excluding hydrogens is 310 g/mol. The van der Waals surface area contributed by atoms with Gasteiger partial charge in [0.25, 0.3) is 5.91 Å². The highest BCUT2D eigenvalue weighted by Crippen LogP contribution is 2.24. The Morgan fingerprint density at radius 1 is 1.32 bits per heavy atom. The number of nitrogens with one attached hydrogen (secondary N) is 1. The van der Waals surface area contributed by atoms with Crippen LogP contribution in [0.1, 0.15) is 16.1 Å². The fourth-order valence-electron chi connectivity index (χ4n) is 1.69. The molecule has 0 bridgehead atoms. The maximum absolute atomic E-state index is 11.7. The van der Waals surface area contributed by atoms with Crippen molar-refractivity contribution in [1.29, 1.82) is 0 Å². The molecular formula is C15H14ClNO5. The van der Waals surface area contributed by atoms with Gasteiger partial charge in [-0.25, -0.2) is 4.79 Å². The molecule has 0 atom stereocenters. The van der Waals surface area contributed by atoms with E-state index < -0.39 is 5.97 Å². The molecule has 0 spiro atoms. The SMILES string of the molecule is COC(=O)c1ccc(Cl)cc1OCC(=O)NCc1ccco1. The van der Waals surface area contributed by atoms with Crippen LogP contribution in [0.3, 0.4) is 0 Å². The van der Waals surface area contributed by atoms with Crippen LogP contribution in [0.15, 0.2) is 41.0 Å². The van der Waals surface area contributed by atoms with E-state index in [1.54, 1.807) is 12.1 Å². The Balaban J connectivity index is 1.94. The van der Waals surface area contributed by atoms with Gasteiger partial charge < -0.3 is 19.2 Å². The summed E-state index contributed by atoms with van der Waals surface area (Å²) >= 11 is 5.86. The van der Waals surface area contributed by atoms with Gasteiger partial charge in [0.1, 0.15) is 17.1 Å². The third-order valence-electron chi connectivity index (χ3n) is 2.75. The zero-order valence-corrected chi connectivity index (χ0v) is 12.6. The first-order valence-corrected chi connectivity index (χ1v) is 6.77. The predicted molar refractivity (Wildman–Crippen MR) is 78.8 cm³/mol. The maximum Gasteiger partial charge on any atom is 0.341 e. The molecule has 2 rings (SSSR count). The number of amides is 1. The second-order valence-corrected chi connectivity index (χ2v) is 4.71. The van der Waals surface area contributed by atoms with E-state index >= 15 is 0 Å². The number of esters is 1. The van der Waals surface area contributed by atoms with Gasteiger partial charge in [-0.1, -0.05) is 11.6 Å². The molecule has 1 heterocycles.